The lowest BCUT2D eigenvalue weighted by Gasteiger charge is -2.25. The molecule has 0 aliphatic carbocycles. The fraction of sp³-hybridized carbons (Fsp3) is 0. The van der Waals surface area contributed by atoms with Crippen LogP contribution in [-0.4, -0.2) is 8.75 Å². The monoisotopic (exact) mass is 674 g/mol. The van der Waals surface area contributed by atoms with Gasteiger partial charge in [0.15, 0.2) is 0 Å². The van der Waals surface area contributed by atoms with Gasteiger partial charge in [-0.2, -0.15) is 8.75 Å². The summed E-state index contributed by atoms with van der Waals surface area (Å²) in [4.78, 5) is 4.53. The van der Waals surface area contributed by atoms with Crippen LogP contribution in [-0.2, 0) is 0 Å². The van der Waals surface area contributed by atoms with Gasteiger partial charge in [-0.25, -0.2) is 0 Å². The molecule has 0 saturated carbocycles. The quantitative estimate of drug-likeness (QED) is 0.135. The van der Waals surface area contributed by atoms with Crippen molar-refractivity contribution in [3.8, 4) is 0 Å². The predicted octanol–water partition coefficient (Wildman–Crippen LogP) is 13.0. The van der Waals surface area contributed by atoms with Gasteiger partial charge in [0.2, 0.25) is 0 Å². The van der Waals surface area contributed by atoms with Crippen molar-refractivity contribution < 1.29 is 0 Å². The van der Waals surface area contributed by atoms with Gasteiger partial charge in [-0.1, -0.05) is 133 Å². The predicted molar refractivity (Wildman–Crippen MR) is 218 cm³/mol. The Kier molecular flexibility index (Phi) is 9.27. The van der Waals surface area contributed by atoms with Crippen LogP contribution >= 0.6 is 11.7 Å². The highest BCUT2D eigenvalue weighted by Gasteiger charge is 2.13. The number of benzene rings is 7. The average Bonchev–Trinajstić information content (AvgIpc) is 3.70. The molecule has 7 aromatic carbocycles. The van der Waals surface area contributed by atoms with Gasteiger partial charge in [0, 0.05) is 45.3 Å². The molecule has 0 radical (unpaired) electrons. The first kappa shape index (κ1) is 31.7. The second kappa shape index (κ2) is 14.9. The number of hydrogen-bond acceptors (Lipinski definition) is 5. The second-order valence-electron chi connectivity index (χ2n) is 12.1. The van der Waals surface area contributed by atoms with Crippen LogP contribution in [0, 0.1) is 0 Å². The summed E-state index contributed by atoms with van der Waals surface area (Å²) in [6.07, 6.45) is 8.53. The summed E-state index contributed by atoms with van der Waals surface area (Å²) in [7, 11) is 0. The zero-order chi connectivity index (χ0) is 34.2. The lowest BCUT2D eigenvalue weighted by molar-refractivity contribution is 1.28. The van der Waals surface area contributed by atoms with Crippen LogP contribution in [0.4, 0.5) is 34.1 Å². The van der Waals surface area contributed by atoms with Crippen molar-refractivity contribution in [3.05, 3.63) is 204 Å². The first-order valence-corrected chi connectivity index (χ1v) is 17.7. The van der Waals surface area contributed by atoms with Gasteiger partial charge in [-0.05, 0) is 83.9 Å². The van der Waals surface area contributed by atoms with E-state index >= 15 is 0 Å². The lowest BCUT2D eigenvalue weighted by Crippen LogP contribution is -2.09. The van der Waals surface area contributed by atoms with Crippen molar-refractivity contribution in [3.63, 3.8) is 0 Å². The molecule has 0 aliphatic rings. The minimum atomic E-state index is 0.908. The molecule has 1 aromatic heterocycles. The van der Waals surface area contributed by atoms with E-state index in [1.165, 1.54) is 11.7 Å². The van der Waals surface area contributed by atoms with Crippen LogP contribution in [0.15, 0.2) is 182 Å². The maximum Gasteiger partial charge on any atom is 0.112 e. The topological polar surface area (TPSA) is 32.3 Å². The molecule has 0 saturated heterocycles. The molecule has 51 heavy (non-hydrogen) atoms. The zero-order valence-electron chi connectivity index (χ0n) is 27.8. The summed E-state index contributed by atoms with van der Waals surface area (Å²) in [6.45, 7) is 0. The third-order valence-electron chi connectivity index (χ3n) is 8.75. The smallest absolute Gasteiger partial charge is 0.112 e. The van der Waals surface area contributed by atoms with Gasteiger partial charge in [0.25, 0.3) is 0 Å². The number of hydrogen-bond donors (Lipinski definition) is 0. The molecular weight excluding hydrogens is 641 g/mol. The molecule has 8 aromatic rings. The third-order valence-corrected chi connectivity index (χ3v) is 9.28. The van der Waals surface area contributed by atoms with E-state index in [0.29, 0.717) is 0 Å². The SMILES string of the molecule is C(=C\c1ccc(/C=C/c2ccc(N(c3ccccc3)c3ccccc3)cc2)c2nsnc12)/c1ccc(N(c2ccccc2)c2ccccc2)cc1. The van der Waals surface area contributed by atoms with E-state index in [2.05, 4.69) is 201 Å². The molecule has 8 rings (SSSR count). The van der Waals surface area contributed by atoms with Crippen molar-refractivity contribution in [1.82, 2.24) is 8.75 Å². The fourth-order valence-electron chi connectivity index (χ4n) is 6.22. The molecule has 0 aliphatic heterocycles. The highest BCUT2D eigenvalue weighted by molar-refractivity contribution is 7.00. The van der Waals surface area contributed by atoms with Gasteiger partial charge >= 0.3 is 0 Å². The van der Waals surface area contributed by atoms with Crippen LogP contribution < -0.4 is 9.80 Å². The molecular formula is C46H34N4S. The maximum atomic E-state index is 4.67. The van der Waals surface area contributed by atoms with Crippen molar-refractivity contribution in [2.45, 2.75) is 0 Å². The Bertz CT molecular complexity index is 2140. The first-order chi connectivity index (χ1) is 25.3. The number of aromatic nitrogens is 2. The van der Waals surface area contributed by atoms with E-state index in [4.69, 9.17) is 0 Å². The largest absolute Gasteiger partial charge is 0.311 e. The normalized spacial score (nSPS) is 11.4. The van der Waals surface area contributed by atoms with Crippen molar-refractivity contribution in [2.75, 3.05) is 9.80 Å². The van der Waals surface area contributed by atoms with Crippen LogP contribution in [0.25, 0.3) is 35.3 Å². The Hall–Kier alpha value is -6.56. The molecule has 0 unspecified atom stereocenters. The van der Waals surface area contributed by atoms with Gasteiger partial charge in [-0.3, -0.25) is 0 Å². The lowest BCUT2D eigenvalue weighted by atomic mass is 10.0. The Labute approximate surface area is 302 Å². The molecule has 0 atom stereocenters. The van der Waals surface area contributed by atoms with Gasteiger partial charge in [0.1, 0.15) is 11.0 Å². The zero-order valence-corrected chi connectivity index (χ0v) is 28.6. The van der Waals surface area contributed by atoms with E-state index in [1.54, 1.807) is 0 Å². The second-order valence-corrected chi connectivity index (χ2v) is 12.6. The van der Waals surface area contributed by atoms with E-state index in [1.807, 2.05) is 24.3 Å². The van der Waals surface area contributed by atoms with Crippen LogP contribution in [0.3, 0.4) is 0 Å². The Balaban J connectivity index is 1.00. The maximum absolute atomic E-state index is 4.67. The van der Waals surface area contributed by atoms with Gasteiger partial charge in [-0.15, -0.1) is 0 Å². The number of rotatable bonds is 10. The van der Waals surface area contributed by atoms with E-state index in [9.17, 15) is 0 Å². The Morgan fingerprint density at radius 2 is 0.608 bits per heavy atom. The molecule has 4 nitrogen and oxygen atoms in total. The summed E-state index contributed by atoms with van der Waals surface area (Å²) in [6, 6.07) is 63.4. The molecule has 0 amide bonds. The van der Waals surface area contributed by atoms with Crippen molar-refractivity contribution >= 4 is 81.2 Å². The molecule has 1 heterocycles. The number of para-hydroxylation sites is 4. The number of anilines is 6. The van der Waals surface area contributed by atoms with E-state index < -0.39 is 0 Å². The Morgan fingerprint density at radius 1 is 0.314 bits per heavy atom. The van der Waals surface area contributed by atoms with Crippen LogP contribution in [0.2, 0.25) is 0 Å². The molecule has 5 heteroatoms. The van der Waals surface area contributed by atoms with Crippen molar-refractivity contribution in [2.24, 2.45) is 0 Å². The number of fused-ring (bicyclic) bond motifs is 1. The minimum absolute atomic E-state index is 0.908. The first-order valence-electron chi connectivity index (χ1n) is 16.9. The highest BCUT2D eigenvalue weighted by atomic mass is 32.1. The summed E-state index contributed by atoms with van der Waals surface area (Å²) in [5.41, 5.74) is 12.8. The molecule has 0 N–H and O–H groups in total. The average molecular weight is 675 g/mol. The van der Waals surface area contributed by atoms with Crippen LogP contribution in [0.1, 0.15) is 22.3 Å². The minimum Gasteiger partial charge on any atom is -0.311 e. The molecule has 0 fully saturated rings. The fourth-order valence-corrected chi connectivity index (χ4v) is 6.81. The van der Waals surface area contributed by atoms with Gasteiger partial charge in [0.05, 0.1) is 11.7 Å². The summed E-state index contributed by atoms with van der Waals surface area (Å²) in [5.74, 6) is 0. The Morgan fingerprint density at radius 3 is 0.922 bits per heavy atom. The summed E-state index contributed by atoms with van der Waals surface area (Å²) < 4.78 is 9.35. The molecule has 244 valence electrons. The number of nitrogens with zero attached hydrogens (tertiary/aromatic N) is 4. The highest BCUT2D eigenvalue weighted by Crippen LogP contribution is 2.36. The van der Waals surface area contributed by atoms with Crippen molar-refractivity contribution in [1.29, 1.82) is 0 Å². The third kappa shape index (κ3) is 7.11. The van der Waals surface area contributed by atoms with E-state index in [-0.39, 0.29) is 0 Å². The summed E-state index contributed by atoms with van der Waals surface area (Å²) >= 11 is 1.25. The van der Waals surface area contributed by atoms with Crippen LogP contribution in [0.5, 0.6) is 0 Å². The standard InChI is InChI=1S/C46H34N4S/c1-5-13-39(14-6-1)49(40-15-7-2-8-16-40)43-31-23-35(24-32-43)21-27-37-29-30-38(46-45(37)47-51-48-46)28-22-36-25-33-44(34-26-36)50(41-17-9-3-10-18-41)42-19-11-4-12-20-42/h1-34H/b27-21+,28-22+. The molecule has 0 spiro atoms. The van der Waals surface area contributed by atoms with E-state index in [0.717, 1.165) is 67.4 Å². The van der Waals surface area contributed by atoms with Gasteiger partial charge < -0.3 is 9.80 Å². The molecule has 0 bridgehead atoms. The summed E-state index contributed by atoms with van der Waals surface area (Å²) in [5, 5.41) is 0.